The van der Waals surface area contributed by atoms with E-state index in [-0.39, 0.29) is 0 Å². The van der Waals surface area contributed by atoms with E-state index in [4.69, 9.17) is 0 Å². The summed E-state index contributed by atoms with van der Waals surface area (Å²) in [5.41, 5.74) is 3.73. The predicted molar refractivity (Wildman–Crippen MR) is 453 cm³/mol. The fraction of sp³-hybridized carbons (Fsp3) is 1.00. The second-order valence-electron chi connectivity index (χ2n) is 50.5. The number of rotatable bonds is 8. The minimum atomic E-state index is -1.92. The highest BCUT2D eigenvalue weighted by molar-refractivity contribution is 8.59. The first-order valence-electron chi connectivity index (χ1n) is 36.9. The lowest BCUT2D eigenvalue weighted by molar-refractivity contribution is 0.623. The summed E-state index contributed by atoms with van der Waals surface area (Å²) in [5.74, 6) is 0. The topological polar surface area (TPSA) is 0 Å². The third-order valence-electron chi connectivity index (χ3n) is 35.1. The van der Waals surface area contributed by atoms with Gasteiger partial charge in [0, 0.05) is 99.5 Å². The SMILES string of the molecule is CC(C)(C)[Si](C)(C(C)(C)C)[Si]1([Si](C)(C(C)(C)C)C(C)(C)C)[Si@@]2([Si](C)(C(C)(C)C)C(C)(C)C)C[Si@@]12[Si](C)(C(C)(C)C)C(C)(C)C.CC(C)(C)[Si](C)(C(C)(C)C)[Si]1([Si](C)(C(C)(C)C)C(C)(C)C)[Si@@]2([Si](C)(C(C)(C)C)C(C)(C)C)C[Si@@]12[Si](C)(C(C)(C)C)C(C)(C)C. The molecule has 0 bridgehead atoms. The van der Waals surface area contributed by atoms with E-state index >= 15 is 0 Å². The Morgan fingerprint density at radius 1 is 0.136 bits per heavy atom. The van der Waals surface area contributed by atoms with Crippen LogP contribution in [0.5, 0.6) is 0 Å². The van der Waals surface area contributed by atoms with E-state index in [9.17, 15) is 0 Å². The van der Waals surface area contributed by atoms with Gasteiger partial charge in [-0.25, -0.2) is 0 Å². The van der Waals surface area contributed by atoms with Crippen LogP contribution in [-0.4, -0.2) is 99.5 Å². The van der Waals surface area contributed by atoms with Crippen LogP contribution in [0.15, 0.2) is 0 Å². The Bertz CT molecular complexity index is 2140. The van der Waals surface area contributed by atoms with Crippen molar-refractivity contribution in [3.8, 4) is 0 Å². The Morgan fingerprint density at radius 3 is 0.261 bits per heavy atom. The lowest BCUT2D eigenvalue weighted by Crippen LogP contribution is -2.91. The van der Waals surface area contributed by atoms with Gasteiger partial charge < -0.3 is 0 Å². The van der Waals surface area contributed by atoms with E-state index in [0.29, 0.717) is 80.6 Å². The molecule has 0 aromatic heterocycles. The molecule has 88 heavy (non-hydrogen) atoms. The van der Waals surface area contributed by atoms with Crippen LogP contribution in [-0.2, 0) is 0 Å². The van der Waals surface area contributed by atoms with Crippen molar-refractivity contribution in [1.82, 2.24) is 0 Å². The lowest BCUT2D eigenvalue weighted by Gasteiger charge is -2.72. The summed E-state index contributed by atoms with van der Waals surface area (Å²) in [5, 5.41) is 6.95. The Kier molecular flexibility index (Phi) is 20.2. The molecule has 0 aromatic carbocycles. The first-order chi connectivity index (χ1) is 36.9. The Hall–Kier alpha value is 3.04. The molecule has 0 aromatic rings. The third kappa shape index (κ3) is 8.99. The zero-order chi connectivity index (χ0) is 72.4. The molecule has 4 aliphatic heterocycles. The first kappa shape index (κ1) is 85.3. The van der Waals surface area contributed by atoms with Crippen LogP contribution in [0.1, 0.15) is 332 Å². The molecule has 0 amide bonds. The molecule has 4 saturated heterocycles. The minimum Gasteiger partial charge on any atom is -0.0736 e. The summed E-state index contributed by atoms with van der Waals surface area (Å²) in [4.78, 5) is 0. The number of hydrogen-bond acceptors (Lipinski definition) is 0. The quantitative estimate of drug-likeness (QED) is 0.213. The monoisotopic (exact) mass is 1450 g/mol. The van der Waals surface area contributed by atoms with Crippen LogP contribution in [0.2, 0.25) is 144 Å². The van der Waals surface area contributed by atoms with Gasteiger partial charge in [-0.2, -0.15) is 0 Å². The first-order valence-corrected chi connectivity index (χ1v) is 83.7. The van der Waals surface area contributed by atoms with Gasteiger partial charge in [-0.05, 0) is 80.6 Å². The van der Waals surface area contributed by atoms with Crippen LogP contribution >= 0.6 is 0 Å². The van der Waals surface area contributed by atoms with Crippen LogP contribution in [0.25, 0.3) is 0 Å². The molecule has 0 saturated carbocycles. The summed E-state index contributed by atoms with van der Waals surface area (Å²) in [7, 11) is -14.9. The predicted octanol–water partition coefficient (Wildman–Crippen LogP) is 28.3. The van der Waals surface area contributed by atoms with E-state index in [1.807, 2.05) is 11.3 Å². The molecule has 14 heteroatoms. The van der Waals surface area contributed by atoms with E-state index in [1.165, 1.54) is 0 Å². The highest BCUT2D eigenvalue weighted by Crippen LogP contribution is 2.96. The zero-order valence-electron chi connectivity index (χ0n) is 72.4. The summed E-state index contributed by atoms with van der Waals surface area (Å²) in [6.45, 7) is 153. The molecule has 4 rings (SSSR count). The summed E-state index contributed by atoms with van der Waals surface area (Å²) in [6, 6.07) is 0. The molecule has 4 aliphatic rings. The molecule has 4 heterocycles. The van der Waals surface area contributed by atoms with Crippen LogP contribution < -0.4 is 0 Å². The molecular weight excluding hydrogens is 1280 g/mol. The van der Waals surface area contributed by atoms with Gasteiger partial charge in [-0.3, -0.25) is 0 Å². The smallest absolute Gasteiger partial charge is 0.0488 e. The fourth-order valence-corrected chi connectivity index (χ4v) is 994. The summed E-state index contributed by atoms with van der Waals surface area (Å²) in [6.07, 6.45) is -3.68. The van der Waals surface area contributed by atoms with Crippen molar-refractivity contribution >= 4 is 99.5 Å². The molecule has 0 spiro atoms. The second kappa shape index (κ2) is 20.8. The van der Waals surface area contributed by atoms with Gasteiger partial charge in [0.1, 0.15) is 0 Å². The normalized spacial score (nSPS) is 26.5. The van der Waals surface area contributed by atoms with Crippen molar-refractivity contribution in [3.05, 3.63) is 0 Å². The Balaban J connectivity index is 0.000000460. The van der Waals surface area contributed by atoms with Gasteiger partial charge in [0.2, 0.25) is 0 Å². The number of fused-ring (bicyclic) bond motifs is 2. The van der Waals surface area contributed by atoms with E-state index in [0.717, 1.165) is 0 Å². The largest absolute Gasteiger partial charge is 0.0736 e. The molecule has 4 fully saturated rings. The average molecular weight is 1460 g/mol. The van der Waals surface area contributed by atoms with Crippen molar-refractivity contribution < 1.29 is 0 Å². The molecular formula is C74H172Si14. The van der Waals surface area contributed by atoms with Crippen molar-refractivity contribution in [2.75, 3.05) is 0 Å². The molecule has 0 aliphatic carbocycles. The maximum atomic E-state index is 3.15. The van der Waals surface area contributed by atoms with Crippen molar-refractivity contribution in [2.45, 2.75) is 477 Å². The zero-order valence-corrected chi connectivity index (χ0v) is 86.4. The maximum Gasteiger partial charge on any atom is 0.0488 e. The number of hydrogen-bond donors (Lipinski definition) is 0. The van der Waals surface area contributed by atoms with E-state index in [1.54, 1.807) is 0 Å². The van der Waals surface area contributed by atoms with Gasteiger partial charge in [-0.1, -0.05) is 396 Å². The minimum absolute atomic E-state index is 0.422. The molecule has 0 unspecified atom stereocenters. The fourth-order valence-electron chi connectivity index (χ4n) is 29.4. The van der Waals surface area contributed by atoms with Gasteiger partial charge >= 0.3 is 0 Å². The van der Waals surface area contributed by atoms with Gasteiger partial charge in [0.25, 0.3) is 0 Å². The summed E-state index contributed by atoms with van der Waals surface area (Å²) >= 11 is 0. The van der Waals surface area contributed by atoms with Gasteiger partial charge in [-0.15, -0.1) is 0 Å². The molecule has 4 atom stereocenters. The van der Waals surface area contributed by atoms with Crippen molar-refractivity contribution in [3.63, 3.8) is 0 Å². The van der Waals surface area contributed by atoms with Crippen LogP contribution in [0.3, 0.4) is 0 Å². The Labute approximate surface area is 571 Å². The molecule has 524 valence electrons. The van der Waals surface area contributed by atoms with Crippen LogP contribution in [0.4, 0.5) is 0 Å². The summed E-state index contributed by atoms with van der Waals surface area (Å²) < 4.78 is 0. The van der Waals surface area contributed by atoms with Gasteiger partial charge in [0.15, 0.2) is 0 Å². The molecule has 0 nitrogen and oxygen atoms in total. The standard InChI is InChI=1S/2C37H86Si7/c2*1-30(2,3)38(25,31(4,5)6)42-29-43(42,39(26,32(7,8)9)33(10,11)12)44(42,40(27,34(13,14)15)35(16,17)18)41(28,36(19,20)21)37(22,23)24/h2*29H2,1-28H3/t2*42-,43+. The van der Waals surface area contributed by atoms with E-state index in [2.05, 4.69) is 385 Å². The highest BCUT2D eigenvalue weighted by Gasteiger charge is 3.18. The van der Waals surface area contributed by atoms with Crippen molar-refractivity contribution in [1.29, 1.82) is 0 Å². The highest BCUT2D eigenvalue weighted by atomic mass is 30.7. The van der Waals surface area contributed by atoms with Crippen molar-refractivity contribution in [2.24, 2.45) is 0 Å². The second-order valence-corrected chi connectivity index (χ2v) is 214. The average Bonchev–Trinajstić information content (AvgIpc) is 4.20. The van der Waals surface area contributed by atoms with Crippen LogP contribution in [0, 0.1) is 0 Å². The Morgan fingerprint density at radius 2 is 0.205 bits per heavy atom. The van der Waals surface area contributed by atoms with E-state index < -0.39 is 99.5 Å². The molecule has 0 radical (unpaired) electrons. The lowest BCUT2D eigenvalue weighted by atomic mass is 10.2. The third-order valence-corrected chi connectivity index (χ3v) is 464. The molecule has 0 N–H and O–H groups in total. The van der Waals surface area contributed by atoms with Gasteiger partial charge in [0.05, 0.1) is 0 Å². The maximum absolute atomic E-state index is 3.15.